The Labute approximate surface area is 128 Å². The molecule has 4 atom stereocenters. The minimum atomic E-state index is 0.0610. The molecule has 22 heavy (non-hydrogen) atoms. The van der Waals surface area contributed by atoms with Gasteiger partial charge in [-0.2, -0.15) is 5.10 Å². The smallest absolute Gasteiger partial charge is 0.228 e. The zero-order valence-corrected chi connectivity index (χ0v) is 12.2. The van der Waals surface area contributed by atoms with Crippen molar-refractivity contribution in [3.63, 3.8) is 0 Å². The summed E-state index contributed by atoms with van der Waals surface area (Å²) in [5, 5.41) is 10.0. The maximum Gasteiger partial charge on any atom is 0.228 e. The van der Waals surface area contributed by atoms with Crippen molar-refractivity contribution in [2.75, 3.05) is 5.32 Å². The van der Waals surface area contributed by atoms with Gasteiger partial charge in [-0.05, 0) is 43.2 Å². The van der Waals surface area contributed by atoms with Crippen molar-refractivity contribution in [3.8, 4) is 11.3 Å². The molecule has 0 radical (unpaired) electrons. The van der Waals surface area contributed by atoms with Gasteiger partial charge in [0, 0.05) is 36.0 Å². The summed E-state index contributed by atoms with van der Waals surface area (Å²) < 4.78 is 0. The standard InChI is InChI=1S/C16H19N5O/c17-13-6-10-4-11(5-12(10)13)16(22)19-15-7-14(20-21-15)9-2-1-3-18-8-9/h1-3,7-8,10-13H,4-6,17H2,(H2,19,20,21,22). The minimum absolute atomic E-state index is 0.0610. The van der Waals surface area contributed by atoms with Gasteiger partial charge in [0.05, 0.1) is 5.69 Å². The highest BCUT2D eigenvalue weighted by molar-refractivity contribution is 5.92. The quantitative estimate of drug-likeness (QED) is 0.804. The van der Waals surface area contributed by atoms with Crippen molar-refractivity contribution in [2.45, 2.75) is 25.3 Å². The first-order valence-corrected chi connectivity index (χ1v) is 7.73. The lowest BCUT2D eigenvalue weighted by Crippen LogP contribution is -2.44. The van der Waals surface area contributed by atoms with Crippen LogP contribution in [0.4, 0.5) is 5.82 Å². The normalized spacial score (nSPS) is 29.7. The number of carbonyl (C=O) groups excluding carboxylic acids is 1. The van der Waals surface area contributed by atoms with Gasteiger partial charge in [-0.25, -0.2) is 0 Å². The third-order valence-electron chi connectivity index (χ3n) is 5.05. The van der Waals surface area contributed by atoms with Crippen molar-refractivity contribution in [2.24, 2.45) is 23.5 Å². The van der Waals surface area contributed by atoms with E-state index < -0.39 is 0 Å². The predicted molar refractivity (Wildman–Crippen MR) is 82.7 cm³/mol. The molecule has 4 N–H and O–H groups in total. The van der Waals surface area contributed by atoms with Crippen LogP contribution in [0.3, 0.4) is 0 Å². The van der Waals surface area contributed by atoms with E-state index in [0.717, 1.165) is 30.5 Å². The second-order valence-electron chi connectivity index (χ2n) is 6.39. The number of rotatable bonds is 3. The molecule has 2 saturated carbocycles. The largest absolute Gasteiger partial charge is 0.327 e. The topological polar surface area (TPSA) is 96.7 Å². The summed E-state index contributed by atoms with van der Waals surface area (Å²) in [5.41, 5.74) is 7.78. The van der Waals surface area contributed by atoms with E-state index in [2.05, 4.69) is 20.5 Å². The first kappa shape index (κ1) is 13.5. The fourth-order valence-electron chi connectivity index (χ4n) is 3.78. The summed E-state index contributed by atoms with van der Waals surface area (Å²) >= 11 is 0. The number of nitrogens with two attached hydrogens (primary N) is 1. The van der Waals surface area contributed by atoms with Crippen LogP contribution in [0.2, 0.25) is 0 Å². The number of anilines is 1. The van der Waals surface area contributed by atoms with E-state index in [-0.39, 0.29) is 11.8 Å². The molecule has 0 spiro atoms. The van der Waals surface area contributed by atoms with Crippen molar-refractivity contribution < 1.29 is 4.79 Å². The zero-order chi connectivity index (χ0) is 15.1. The molecule has 2 fully saturated rings. The van der Waals surface area contributed by atoms with Crippen molar-refractivity contribution in [3.05, 3.63) is 30.6 Å². The fraction of sp³-hybridized carbons (Fsp3) is 0.438. The van der Waals surface area contributed by atoms with Crippen LogP contribution in [0.25, 0.3) is 11.3 Å². The van der Waals surface area contributed by atoms with Crippen LogP contribution in [-0.4, -0.2) is 27.1 Å². The second kappa shape index (κ2) is 5.21. The van der Waals surface area contributed by atoms with Crippen molar-refractivity contribution in [1.29, 1.82) is 0 Å². The second-order valence-corrected chi connectivity index (χ2v) is 6.39. The Morgan fingerprint density at radius 3 is 3.00 bits per heavy atom. The lowest BCUT2D eigenvalue weighted by Gasteiger charge is -2.37. The van der Waals surface area contributed by atoms with Crippen molar-refractivity contribution in [1.82, 2.24) is 15.2 Å². The number of nitrogens with one attached hydrogen (secondary N) is 2. The Bertz CT molecular complexity index is 683. The van der Waals surface area contributed by atoms with Gasteiger partial charge in [0.2, 0.25) is 5.91 Å². The molecule has 6 heteroatoms. The Morgan fingerprint density at radius 2 is 2.27 bits per heavy atom. The Kier molecular flexibility index (Phi) is 3.18. The molecule has 2 aliphatic carbocycles. The van der Waals surface area contributed by atoms with Gasteiger partial charge < -0.3 is 11.1 Å². The number of carbonyl (C=O) groups is 1. The Balaban J connectivity index is 1.42. The molecule has 2 aromatic rings. The molecule has 4 unspecified atom stereocenters. The van der Waals surface area contributed by atoms with E-state index in [1.807, 2.05) is 18.2 Å². The minimum Gasteiger partial charge on any atom is -0.327 e. The van der Waals surface area contributed by atoms with E-state index >= 15 is 0 Å². The van der Waals surface area contributed by atoms with E-state index in [4.69, 9.17) is 5.73 Å². The first-order valence-electron chi connectivity index (χ1n) is 7.73. The number of amides is 1. The molecular formula is C16H19N5O. The summed E-state index contributed by atoms with van der Waals surface area (Å²) in [4.78, 5) is 16.4. The lowest BCUT2D eigenvalue weighted by atomic mass is 9.72. The average molecular weight is 297 g/mol. The molecule has 2 heterocycles. The monoisotopic (exact) mass is 297 g/mol. The molecule has 2 aromatic heterocycles. The van der Waals surface area contributed by atoms with Crippen LogP contribution in [0, 0.1) is 17.8 Å². The predicted octanol–water partition coefficient (Wildman–Crippen LogP) is 1.78. The average Bonchev–Trinajstić information content (AvgIpc) is 3.12. The number of aromatic amines is 1. The van der Waals surface area contributed by atoms with Crippen molar-refractivity contribution >= 4 is 11.7 Å². The molecule has 0 saturated heterocycles. The molecule has 2 aliphatic rings. The van der Waals surface area contributed by atoms with E-state index in [0.29, 0.717) is 23.7 Å². The van der Waals surface area contributed by atoms with Gasteiger partial charge in [-0.3, -0.25) is 14.9 Å². The van der Waals surface area contributed by atoms with Gasteiger partial charge in [0.1, 0.15) is 0 Å². The molecule has 0 aromatic carbocycles. The van der Waals surface area contributed by atoms with Gasteiger partial charge >= 0.3 is 0 Å². The highest BCUT2D eigenvalue weighted by Gasteiger charge is 2.47. The Hall–Kier alpha value is -2.21. The summed E-state index contributed by atoms with van der Waals surface area (Å²) in [5.74, 6) is 1.89. The molecule has 1 amide bonds. The third kappa shape index (κ3) is 2.29. The highest BCUT2D eigenvalue weighted by Crippen LogP contribution is 2.49. The van der Waals surface area contributed by atoms with Crippen LogP contribution in [-0.2, 0) is 4.79 Å². The molecular weight excluding hydrogens is 278 g/mol. The number of nitrogens with zero attached hydrogens (tertiary/aromatic N) is 2. The van der Waals surface area contributed by atoms with Crippen LogP contribution >= 0.6 is 0 Å². The van der Waals surface area contributed by atoms with Gasteiger partial charge in [0.15, 0.2) is 5.82 Å². The highest BCUT2D eigenvalue weighted by atomic mass is 16.2. The number of pyridine rings is 1. The maximum atomic E-state index is 12.4. The van der Waals surface area contributed by atoms with Gasteiger partial charge in [0.25, 0.3) is 0 Å². The SMILES string of the molecule is NC1CC2CC(C(=O)Nc3cc(-c4cccnc4)[nH]n3)CC12. The number of hydrogen-bond donors (Lipinski definition) is 3. The summed E-state index contributed by atoms with van der Waals surface area (Å²) in [6.07, 6.45) is 6.43. The third-order valence-corrected chi connectivity index (χ3v) is 5.05. The molecule has 0 aliphatic heterocycles. The molecule has 114 valence electrons. The van der Waals surface area contributed by atoms with Gasteiger partial charge in [-0.1, -0.05) is 0 Å². The Morgan fingerprint density at radius 1 is 1.36 bits per heavy atom. The van der Waals surface area contributed by atoms with Gasteiger partial charge in [-0.15, -0.1) is 0 Å². The maximum absolute atomic E-state index is 12.4. The van der Waals surface area contributed by atoms with Crippen LogP contribution in [0.5, 0.6) is 0 Å². The first-order chi connectivity index (χ1) is 10.7. The summed E-state index contributed by atoms with van der Waals surface area (Å²) in [7, 11) is 0. The molecule has 0 bridgehead atoms. The van der Waals surface area contributed by atoms with E-state index in [1.165, 1.54) is 0 Å². The number of hydrogen-bond acceptors (Lipinski definition) is 4. The summed E-state index contributed by atoms with van der Waals surface area (Å²) in [6.45, 7) is 0. The number of H-pyrrole nitrogens is 1. The molecule has 6 nitrogen and oxygen atoms in total. The van der Waals surface area contributed by atoms with Crippen LogP contribution in [0.1, 0.15) is 19.3 Å². The number of fused-ring (bicyclic) bond motifs is 1. The van der Waals surface area contributed by atoms with E-state index in [1.54, 1.807) is 12.4 Å². The van der Waals surface area contributed by atoms with Crippen LogP contribution in [0.15, 0.2) is 30.6 Å². The fourth-order valence-corrected chi connectivity index (χ4v) is 3.78. The molecule has 4 rings (SSSR count). The van der Waals surface area contributed by atoms with E-state index in [9.17, 15) is 4.79 Å². The van der Waals surface area contributed by atoms with Crippen LogP contribution < -0.4 is 11.1 Å². The lowest BCUT2D eigenvalue weighted by molar-refractivity contribution is -0.119. The summed E-state index contributed by atoms with van der Waals surface area (Å²) in [6, 6.07) is 5.95. The number of aromatic nitrogens is 3. The zero-order valence-electron chi connectivity index (χ0n) is 12.2.